The first kappa shape index (κ1) is 14.3. The Morgan fingerprint density at radius 1 is 1.48 bits per heavy atom. The summed E-state index contributed by atoms with van der Waals surface area (Å²) in [5, 5.41) is 17.4. The third-order valence-corrected chi connectivity index (χ3v) is 4.28. The first-order valence-corrected chi connectivity index (χ1v) is 7.53. The van der Waals surface area contributed by atoms with Gasteiger partial charge in [-0.15, -0.1) is 0 Å². The highest BCUT2D eigenvalue weighted by molar-refractivity contribution is 6.00. The van der Waals surface area contributed by atoms with Gasteiger partial charge in [-0.25, -0.2) is 4.98 Å². The third kappa shape index (κ3) is 2.73. The molecule has 0 saturated carbocycles. The summed E-state index contributed by atoms with van der Waals surface area (Å²) >= 11 is 0. The van der Waals surface area contributed by atoms with Gasteiger partial charge in [-0.1, -0.05) is 0 Å². The number of aliphatic hydroxyl groups is 1. The van der Waals surface area contributed by atoms with Crippen molar-refractivity contribution >= 4 is 11.7 Å². The van der Waals surface area contributed by atoms with E-state index < -0.39 is 0 Å². The van der Waals surface area contributed by atoms with Crippen molar-refractivity contribution < 1.29 is 9.84 Å². The molecule has 2 aliphatic rings. The van der Waals surface area contributed by atoms with Gasteiger partial charge in [0.15, 0.2) is 0 Å². The molecule has 1 saturated heterocycles. The van der Waals surface area contributed by atoms with Crippen LogP contribution >= 0.6 is 0 Å². The maximum atomic E-state index is 9.56. The van der Waals surface area contributed by atoms with Crippen molar-refractivity contribution in [2.45, 2.75) is 31.7 Å². The molecule has 1 unspecified atom stereocenters. The SMILES string of the molecule is N=C(N)c1cc2c(nc1N1CCOCC1CO)CCCC2. The minimum atomic E-state index is -0.119. The number of aromatic nitrogens is 1. The summed E-state index contributed by atoms with van der Waals surface area (Å²) in [5.74, 6) is 0.763. The Kier molecular flexibility index (Phi) is 4.07. The number of amidine groups is 1. The normalized spacial score (nSPS) is 22.0. The Bertz CT molecular complexity index is 547. The highest BCUT2D eigenvalue weighted by Gasteiger charge is 2.27. The van der Waals surface area contributed by atoms with Gasteiger partial charge in [0, 0.05) is 12.2 Å². The van der Waals surface area contributed by atoms with Crippen LogP contribution in [0.25, 0.3) is 0 Å². The lowest BCUT2D eigenvalue weighted by atomic mass is 9.94. The number of pyridine rings is 1. The average molecular weight is 290 g/mol. The number of anilines is 1. The zero-order valence-corrected chi connectivity index (χ0v) is 12.1. The lowest BCUT2D eigenvalue weighted by Crippen LogP contribution is -2.49. The maximum Gasteiger partial charge on any atom is 0.140 e. The Hall–Kier alpha value is -1.66. The summed E-state index contributed by atoms with van der Waals surface area (Å²) in [7, 11) is 0. The van der Waals surface area contributed by atoms with Crippen LogP contribution in [0.4, 0.5) is 5.82 Å². The van der Waals surface area contributed by atoms with Crippen LogP contribution in [0.3, 0.4) is 0 Å². The van der Waals surface area contributed by atoms with Gasteiger partial charge in [-0.05, 0) is 37.3 Å². The van der Waals surface area contributed by atoms with Crippen LogP contribution in [0.2, 0.25) is 0 Å². The van der Waals surface area contributed by atoms with E-state index in [9.17, 15) is 5.11 Å². The van der Waals surface area contributed by atoms with Crippen molar-refractivity contribution in [2.24, 2.45) is 5.73 Å². The van der Waals surface area contributed by atoms with E-state index in [1.807, 2.05) is 11.0 Å². The number of hydrogen-bond acceptors (Lipinski definition) is 5. The molecular weight excluding hydrogens is 268 g/mol. The van der Waals surface area contributed by atoms with Gasteiger partial charge in [-0.3, -0.25) is 5.41 Å². The van der Waals surface area contributed by atoms with Gasteiger partial charge in [0.25, 0.3) is 0 Å². The second-order valence-corrected chi connectivity index (χ2v) is 5.69. The zero-order chi connectivity index (χ0) is 14.8. The first-order chi connectivity index (χ1) is 10.2. The van der Waals surface area contributed by atoms with Gasteiger partial charge in [0.2, 0.25) is 0 Å². The lowest BCUT2D eigenvalue weighted by molar-refractivity contribution is 0.0722. The van der Waals surface area contributed by atoms with E-state index in [2.05, 4.69) is 0 Å². The molecule has 2 heterocycles. The zero-order valence-electron chi connectivity index (χ0n) is 12.1. The Labute approximate surface area is 124 Å². The second kappa shape index (κ2) is 5.99. The molecule has 21 heavy (non-hydrogen) atoms. The average Bonchev–Trinajstić information content (AvgIpc) is 2.53. The summed E-state index contributed by atoms with van der Waals surface area (Å²) in [6.45, 7) is 1.76. The van der Waals surface area contributed by atoms with E-state index in [0.717, 1.165) is 30.8 Å². The molecule has 1 aromatic rings. The van der Waals surface area contributed by atoms with Crippen LogP contribution in [0.15, 0.2) is 6.07 Å². The monoisotopic (exact) mass is 290 g/mol. The summed E-state index contributed by atoms with van der Waals surface area (Å²) in [4.78, 5) is 6.83. The molecule has 1 aliphatic heterocycles. The molecule has 0 bridgehead atoms. The molecule has 6 heteroatoms. The number of hydrogen-bond donors (Lipinski definition) is 3. The predicted molar refractivity (Wildman–Crippen MR) is 80.9 cm³/mol. The van der Waals surface area contributed by atoms with Crippen LogP contribution in [-0.2, 0) is 17.6 Å². The van der Waals surface area contributed by atoms with Crippen molar-refractivity contribution in [1.82, 2.24) is 4.98 Å². The molecule has 114 valence electrons. The predicted octanol–water partition coefficient (Wildman–Crippen LogP) is 0.442. The molecule has 0 radical (unpaired) electrons. The van der Waals surface area contributed by atoms with Crippen molar-refractivity contribution in [3.63, 3.8) is 0 Å². The molecule has 1 fully saturated rings. The number of morpholine rings is 1. The Balaban J connectivity index is 2.04. The van der Waals surface area contributed by atoms with Crippen molar-refractivity contribution in [2.75, 3.05) is 31.3 Å². The molecule has 4 N–H and O–H groups in total. The second-order valence-electron chi connectivity index (χ2n) is 5.69. The molecule has 0 aromatic carbocycles. The molecular formula is C15H22N4O2. The number of nitrogens with two attached hydrogens (primary N) is 1. The largest absolute Gasteiger partial charge is 0.394 e. The van der Waals surface area contributed by atoms with E-state index in [-0.39, 0.29) is 18.5 Å². The van der Waals surface area contributed by atoms with E-state index in [4.69, 9.17) is 20.9 Å². The van der Waals surface area contributed by atoms with E-state index >= 15 is 0 Å². The van der Waals surface area contributed by atoms with Crippen LogP contribution < -0.4 is 10.6 Å². The summed E-state index contributed by atoms with van der Waals surface area (Å²) < 4.78 is 5.42. The highest BCUT2D eigenvalue weighted by Crippen LogP contribution is 2.28. The molecule has 3 rings (SSSR count). The smallest absolute Gasteiger partial charge is 0.140 e. The van der Waals surface area contributed by atoms with Crippen LogP contribution in [-0.4, -0.2) is 48.3 Å². The van der Waals surface area contributed by atoms with Crippen molar-refractivity contribution in [3.8, 4) is 0 Å². The number of ether oxygens (including phenoxy) is 1. The van der Waals surface area contributed by atoms with Gasteiger partial charge < -0.3 is 20.5 Å². The van der Waals surface area contributed by atoms with Crippen LogP contribution in [0.5, 0.6) is 0 Å². The van der Waals surface area contributed by atoms with Gasteiger partial charge in [0.1, 0.15) is 11.7 Å². The highest BCUT2D eigenvalue weighted by atomic mass is 16.5. The topological polar surface area (TPSA) is 95.5 Å². The first-order valence-electron chi connectivity index (χ1n) is 7.53. The molecule has 0 amide bonds. The Morgan fingerprint density at radius 2 is 2.29 bits per heavy atom. The summed E-state index contributed by atoms with van der Waals surface area (Å²) in [6, 6.07) is 1.90. The maximum absolute atomic E-state index is 9.56. The van der Waals surface area contributed by atoms with E-state index in [1.54, 1.807) is 0 Å². The molecule has 1 aliphatic carbocycles. The van der Waals surface area contributed by atoms with Gasteiger partial charge >= 0.3 is 0 Å². The number of aryl methyl sites for hydroxylation is 2. The quantitative estimate of drug-likeness (QED) is 0.554. The number of nitrogen functional groups attached to an aromatic ring is 1. The van der Waals surface area contributed by atoms with E-state index in [1.165, 1.54) is 12.0 Å². The summed E-state index contributed by atoms with van der Waals surface area (Å²) in [6.07, 6.45) is 4.32. The van der Waals surface area contributed by atoms with Crippen molar-refractivity contribution in [3.05, 3.63) is 22.9 Å². The van der Waals surface area contributed by atoms with Crippen LogP contribution in [0, 0.1) is 5.41 Å². The molecule has 1 atom stereocenters. The summed E-state index contributed by atoms with van der Waals surface area (Å²) in [5.41, 5.74) is 8.77. The fourth-order valence-electron chi connectivity index (χ4n) is 3.12. The van der Waals surface area contributed by atoms with Crippen LogP contribution in [0.1, 0.15) is 29.7 Å². The standard InChI is InChI=1S/C15H22N4O2/c16-14(17)12-7-10-3-1-2-4-13(10)18-15(12)19-5-6-21-9-11(19)8-20/h7,11,20H,1-6,8-9H2,(H3,16,17). The number of nitrogens with zero attached hydrogens (tertiary/aromatic N) is 2. The Morgan fingerprint density at radius 3 is 3.05 bits per heavy atom. The molecule has 0 spiro atoms. The minimum Gasteiger partial charge on any atom is -0.394 e. The lowest BCUT2D eigenvalue weighted by Gasteiger charge is -2.37. The van der Waals surface area contributed by atoms with E-state index in [0.29, 0.717) is 25.3 Å². The third-order valence-electron chi connectivity index (χ3n) is 4.28. The number of nitrogens with one attached hydrogen (secondary N) is 1. The molecule has 1 aromatic heterocycles. The number of fused-ring (bicyclic) bond motifs is 1. The fraction of sp³-hybridized carbons (Fsp3) is 0.600. The van der Waals surface area contributed by atoms with Gasteiger partial charge in [0.05, 0.1) is 31.4 Å². The van der Waals surface area contributed by atoms with Crippen molar-refractivity contribution in [1.29, 1.82) is 5.41 Å². The minimum absolute atomic E-state index is 0.0100. The number of aliphatic hydroxyl groups excluding tert-OH is 1. The molecule has 6 nitrogen and oxygen atoms in total. The number of rotatable bonds is 3. The fourth-order valence-corrected chi connectivity index (χ4v) is 3.12. The van der Waals surface area contributed by atoms with Gasteiger partial charge in [-0.2, -0.15) is 0 Å².